The highest BCUT2D eigenvalue weighted by Gasteiger charge is 2.14. The Morgan fingerprint density at radius 1 is 1.59 bits per heavy atom. The summed E-state index contributed by atoms with van der Waals surface area (Å²) >= 11 is 0. The molecule has 1 N–H and O–H groups in total. The van der Waals surface area contributed by atoms with Crippen molar-refractivity contribution in [2.75, 3.05) is 20.2 Å². The number of hydrogen-bond acceptors (Lipinski definition) is 3. The van der Waals surface area contributed by atoms with Crippen LogP contribution in [0, 0.1) is 0 Å². The fraction of sp³-hybridized carbons (Fsp3) is 0.769. The first kappa shape index (κ1) is 12.6. The molecule has 2 heterocycles. The van der Waals surface area contributed by atoms with Gasteiger partial charge in [-0.2, -0.15) is 0 Å². The minimum Gasteiger partial charge on any atom is -0.378 e. The summed E-state index contributed by atoms with van der Waals surface area (Å²) in [6.45, 7) is 3.02. The molecule has 2 rings (SSSR count). The highest BCUT2D eigenvalue weighted by atomic mass is 16.5. The average Bonchev–Trinajstić information content (AvgIpc) is 2.98. The van der Waals surface area contributed by atoms with Gasteiger partial charge in [0.15, 0.2) is 0 Å². The lowest BCUT2D eigenvalue weighted by Gasteiger charge is -2.08. The maximum Gasteiger partial charge on any atom is 0.0949 e. The SMILES string of the molecule is CNCCc1cn(CCCC2CCCO2)cn1. The van der Waals surface area contributed by atoms with Crippen LogP contribution in [-0.2, 0) is 17.7 Å². The number of nitrogens with zero attached hydrogens (tertiary/aromatic N) is 2. The zero-order chi connectivity index (χ0) is 11.9. The number of ether oxygens (including phenoxy) is 1. The van der Waals surface area contributed by atoms with Crippen molar-refractivity contribution in [1.82, 2.24) is 14.9 Å². The Morgan fingerprint density at radius 3 is 3.29 bits per heavy atom. The van der Waals surface area contributed by atoms with Crippen LogP contribution in [0.3, 0.4) is 0 Å². The van der Waals surface area contributed by atoms with Gasteiger partial charge in [-0.1, -0.05) is 0 Å². The predicted octanol–water partition coefficient (Wildman–Crippen LogP) is 1.60. The Hall–Kier alpha value is -0.870. The topological polar surface area (TPSA) is 39.1 Å². The summed E-state index contributed by atoms with van der Waals surface area (Å²) in [6.07, 6.45) is 10.5. The molecule has 1 fully saturated rings. The van der Waals surface area contributed by atoms with Gasteiger partial charge in [-0.05, 0) is 32.7 Å². The van der Waals surface area contributed by atoms with E-state index in [2.05, 4.69) is 21.1 Å². The van der Waals surface area contributed by atoms with Gasteiger partial charge in [-0.3, -0.25) is 0 Å². The fourth-order valence-electron chi connectivity index (χ4n) is 2.28. The Morgan fingerprint density at radius 2 is 2.53 bits per heavy atom. The van der Waals surface area contributed by atoms with E-state index in [0.29, 0.717) is 6.10 Å². The van der Waals surface area contributed by atoms with Crippen molar-refractivity contribution in [2.45, 2.75) is 44.8 Å². The first-order valence-corrected chi connectivity index (χ1v) is 6.65. The Balaban J connectivity index is 1.65. The average molecular weight is 237 g/mol. The number of imidazole rings is 1. The number of likely N-dealkylation sites (N-methyl/N-ethyl adjacent to an activating group) is 1. The maximum absolute atomic E-state index is 5.62. The summed E-state index contributed by atoms with van der Waals surface area (Å²) < 4.78 is 7.81. The van der Waals surface area contributed by atoms with Gasteiger partial charge in [0, 0.05) is 32.3 Å². The van der Waals surface area contributed by atoms with E-state index in [1.165, 1.54) is 31.4 Å². The minimum atomic E-state index is 0.516. The third kappa shape index (κ3) is 4.13. The molecule has 0 spiro atoms. The lowest BCUT2D eigenvalue weighted by Crippen LogP contribution is -2.10. The normalized spacial score (nSPS) is 19.9. The molecule has 0 radical (unpaired) electrons. The quantitative estimate of drug-likeness (QED) is 0.783. The van der Waals surface area contributed by atoms with Gasteiger partial charge in [0.1, 0.15) is 0 Å². The molecule has 0 saturated carbocycles. The standard InChI is InChI=1S/C13H23N3O/c1-14-7-6-12-10-16(11-15-12)8-2-4-13-5-3-9-17-13/h10-11,13-14H,2-9H2,1H3. The molecule has 96 valence electrons. The molecule has 1 aromatic rings. The third-order valence-corrected chi connectivity index (χ3v) is 3.28. The summed E-state index contributed by atoms with van der Waals surface area (Å²) in [6, 6.07) is 0. The molecule has 1 aromatic heterocycles. The number of hydrogen-bond donors (Lipinski definition) is 1. The summed E-state index contributed by atoms with van der Waals surface area (Å²) in [5, 5.41) is 3.14. The van der Waals surface area contributed by atoms with Gasteiger partial charge in [0.2, 0.25) is 0 Å². The monoisotopic (exact) mass is 237 g/mol. The van der Waals surface area contributed by atoms with Crippen LogP contribution in [0.1, 0.15) is 31.4 Å². The Labute approximate surface area is 103 Å². The van der Waals surface area contributed by atoms with Gasteiger partial charge in [-0.25, -0.2) is 4.98 Å². The second kappa shape index (κ2) is 6.77. The summed E-state index contributed by atoms with van der Waals surface area (Å²) in [5.41, 5.74) is 1.18. The smallest absolute Gasteiger partial charge is 0.0949 e. The highest BCUT2D eigenvalue weighted by Crippen LogP contribution is 2.17. The van der Waals surface area contributed by atoms with Crippen LogP contribution < -0.4 is 5.32 Å². The van der Waals surface area contributed by atoms with Crippen molar-refractivity contribution in [3.8, 4) is 0 Å². The first-order chi connectivity index (χ1) is 8.38. The molecule has 4 heteroatoms. The lowest BCUT2D eigenvalue weighted by molar-refractivity contribution is 0.101. The van der Waals surface area contributed by atoms with E-state index in [1.54, 1.807) is 0 Å². The van der Waals surface area contributed by atoms with E-state index in [4.69, 9.17) is 4.74 Å². The number of rotatable bonds is 7. The molecular formula is C13H23N3O. The fourth-order valence-corrected chi connectivity index (χ4v) is 2.28. The first-order valence-electron chi connectivity index (χ1n) is 6.65. The van der Waals surface area contributed by atoms with Crippen LogP contribution in [0.2, 0.25) is 0 Å². The van der Waals surface area contributed by atoms with Gasteiger partial charge in [0.25, 0.3) is 0 Å². The van der Waals surface area contributed by atoms with Crippen molar-refractivity contribution < 1.29 is 4.74 Å². The molecule has 0 bridgehead atoms. The van der Waals surface area contributed by atoms with Crippen molar-refractivity contribution in [1.29, 1.82) is 0 Å². The minimum absolute atomic E-state index is 0.516. The van der Waals surface area contributed by atoms with Crippen LogP contribution in [0.4, 0.5) is 0 Å². The van der Waals surface area contributed by atoms with Gasteiger partial charge < -0.3 is 14.6 Å². The van der Waals surface area contributed by atoms with Crippen molar-refractivity contribution >= 4 is 0 Å². The molecule has 1 atom stereocenters. The zero-order valence-electron chi connectivity index (χ0n) is 10.7. The van der Waals surface area contributed by atoms with Crippen LogP contribution in [0.15, 0.2) is 12.5 Å². The molecule has 1 aliphatic rings. The van der Waals surface area contributed by atoms with Crippen LogP contribution >= 0.6 is 0 Å². The number of nitrogens with one attached hydrogen (secondary N) is 1. The maximum atomic E-state index is 5.62. The molecule has 4 nitrogen and oxygen atoms in total. The second-order valence-corrected chi connectivity index (χ2v) is 4.73. The third-order valence-electron chi connectivity index (χ3n) is 3.28. The van der Waals surface area contributed by atoms with E-state index in [1.807, 2.05) is 13.4 Å². The number of aryl methyl sites for hydroxylation is 1. The van der Waals surface area contributed by atoms with E-state index in [9.17, 15) is 0 Å². The molecule has 0 aliphatic carbocycles. The number of aromatic nitrogens is 2. The second-order valence-electron chi connectivity index (χ2n) is 4.73. The van der Waals surface area contributed by atoms with Crippen LogP contribution in [0.25, 0.3) is 0 Å². The van der Waals surface area contributed by atoms with E-state index in [0.717, 1.165) is 26.1 Å². The molecule has 1 aliphatic heterocycles. The Kier molecular flexibility index (Phi) is 5.01. The zero-order valence-corrected chi connectivity index (χ0v) is 10.7. The molecule has 17 heavy (non-hydrogen) atoms. The molecule has 1 unspecified atom stereocenters. The van der Waals surface area contributed by atoms with E-state index in [-0.39, 0.29) is 0 Å². The van der Waals surface area contributed by atoms with Crippen molar-refractivity contribution in [3.05, 3.63) is 18.2 Å². The van der Waals surface area contributed by atoms with E-state index >= 15 is 0 Å². The van der Waals surface area contributed by atoms with Gasteiger partial charge in [-0.15, -0.1) is 0 Å². The molecule has 0 aromatic carbocycles. The summed E-state index contributed by atoms with van der Waals surface area (Å²) in [5.74, 6) is 0. The predicted molar refractivity (Wildman–Crippen MR) is 68.1 cm³/mol. The van der Waals surface area contributed by atoms with Gasteiger partial charge >= 0.3 is 0 Å². The lowest BCUT2D eigenvalue weighted by atomic mass is 10.1. The van der Waals surface area contributed by atoms with Crippen LogP contribution in [0.5, 0.6) is 0 Å². The van der Waals surface area contributed by atoms with E-state index < -0.39 is 0 Å². The Bertz CT molecular complexity index is 318. The van der Waals surface area contributed by atoms with Crippen molar-refractivity contribution in [3.63, 3.8) is 0 Å². The molecule has 1 saturated heterocycles. The largest absolute Gasteiger partial charge is 0.378 e. The highest BCUT2D eigenvalue weighted by molar-refractivity contribution is 4.97. The summed E-state index contributed by atoms with van der Waals surface area (Å²) in [4.78, 5) is 4.40. The van der Waals surface area contributed by atoms with Gasteiger partial charge in [0.05, 0.1) is 18.1 Å². The van der Waals surface area contributed by atoms with Crippen LogP contribution in [-0.4, -0.2) is 35.9 Å². The molecule has 0 amide bonds. The van der Waals surface area contributed by atoms with Crippen molar-refractivity contribution in [2.24, 2.45) is 0 Å². The summed E-state index contributed by atoms with van der Waals surface area (Å²) in [7, 11) is 1.97. The molecular weight excluding hydrogens is 214 g/mol.